The average molecular weight is 414 g/mol. The zero-order valence-corrected chi connectivity index (χ0v) is 16.3. The summed E-state index contributed by atoms with van der Waals surface area (Å²) >= 11 is 1.26. The molecule has 1 amide bonds. The Labute approximate surface area is 170 Å². The number of carbonyl (C=O) groups is 1. The van der Waals surface area contributed by atoms with Gasteiger partial charge in [0.2, 0.25) is 11.1 Å². The second-order valence-electron chi connectivity index (χ2n) is 5.83. The van der Waals surface area contributed by atoms with Gasteiger partial charge >= 0.3 is 0 Å². The number of rotatable bonds is 8. The second kappa shape index (κ2) is 9.06. The number of aromatic nitrogens is 3. The normalized spacial score (nSPS) is 10.5. The largest absolute Gasteiger partial charge is 0.497 e. The van der Waals surface area contributed by atoms with E-state index in [9.17, 15) is 14.9 Å². The molecular weight excluding hydrogens is 396 g/mol. The third-order valence-corrected chi connectivity index (χ3v) is 4.89. The Morgan fingerprint density at radius 2 is 1.97 bits per heavy atom. The molecule has 0 saturated heterocycles. The number of hydrogen-bond donors (Lipinski definition) is 2. The van der Waals surface area contributed by atoms with Crippen LogP contribution in [0.25, 0.3) is 11.4 Å². The smallest absolute Gasteiger partial charge is 0.292 e. The molecule has 0 aliphatic heterocycles. The number of amides is 1. The van der Waals surface area contributed by atoms with Gasteiger partial charge in [-0.15, -0.1) is 10.2 Å². The van der Waals surface area contributed by atoms with E-state index in [4.69, 9.17) is 10.6 Å². The first kappa shape index (κ1) is 20.1. The Kier molecular flexibility index (Phi) is 6.29. The minimum absolute atomic E-state index is 0.126. The summed E-state index contributed by atoms with van der Waals surface area (Å²) in [6.07, 6.45) is 0.126. The van der Waals surface area contributed by atoms with Crippen molar-refractivity contribution >= 4 is 29.0 Å². The van der Waals surface area contributed by atoms with E-state index in [-0.39, 0.29) is 23.7 Å². The Bertz CT molecular complexity index is 1020. The Morgan fingerprint density at radius 3 is 2.66 bits per heavy atom. The number of benzene rings is 2. The fraction of sp³-hybridized carbons (Fsp3) is 0.167. The van der Waals surface area contributed by atoms with Crippen molar-refractivity contribution in [3.8, 4) is 17.1 Å². The number of hydrogen-bond acceptors (Lipinski definition) is 8. The molecule has 150 valence electrons. The van der Waals surface area contributed by atoms with Gasteiger partial charge in [0.1, 0.15) is 11.4 Å². The van der Waals surface area contributed by atoms with Gasteiger partial charge in [0.25, 0.3) is 5.69 Å². The summed E-state index contributed by atoms with van der Waals surface area (Å²) in [6, 6.07) is 13.2. The number of anilines is 1. The number of nitrogens with one attached hydrogen (secondary N) is 1. The van der Waals surface area contributed by atoms with Crippen molar-refractivity contribution in [2.24, 2.45) is 0 Å². The minimum Gasteiger partial charge on any atom is -0.497 e. The molecule has 10 nitrogen and oxygen atoms in total. The lowest BCUT2D eigenvalue weighted by Crippen LogP contribution is -2.14. The summed E-state index contributed by atoms with van der Waals surface area (Å²) in [6.45, 7) is 0. The number of nitro benzene ring substituents is 1. The van der Waals surface area contributed by atoms with Gasteiger partial charge in [-0.25, -0.2) is 4.68 Å². The van der Waals surface area contributed by atoms with Gasteiger partial charge in [0.15, 0.2) is 5.82 Å². The van der Waals surface area contributed by atoms with E-state index < -0.39 is 4.92 Å². The standard InChI is InChI=1S/C18H18N6O4S/c1-28-13-8-6-12(7-9-13)17-21-22-18(23(17)19)29-11-10-16(25)20-14-4-2-3-5-15(14)24(26)27/h2-9H,10-11,19H2,1H3,(H,20,25). The van der Waals surface area contributed by atoms with Gasteiger partial charge in [-0.3, -0.25) is 14.9 Å². The Balaban J connectivity index is 1.58. The highest BCUT2D eigenvalue weighted by Crippen LogP contribution is 2.25. The highest BCUT2D eigenvalue weighted by Gasteiger charge is 2.16. The van der Waals surface area contributed by atoms with E-state index >= 15 is 0 Å². The van der Waals surface area contributed by atoms with Crippen LogP contribution in [0.15, 0.2) is 53.7 Å². The van der Waals surface area contributed by atoms with Crippen molar-refractivity contribution in [2.45, 2.75) is 11.6 Å². The van der Waals surface area contributed by atoms with Crippen LogP contribution in [0.4, 0.5) is 11.4 Å². The van der Waals surface area contributed by atoms with Gasteiger partial charge in [-0.2, -0.15) is 0 Å². The third kappa shape index (κ3) is 4.82. The molecule has 11 heteroatoms. The molecule has 2 aromatic carbocycles. The highest BCUT2D eigenvalue weighted by molar-refractivity contribution is 7.99. The number of ether oxygens (including phenoxy) is 1. The molecule has 0 radical (unpaired) electrons. The number of nitrogen functional groups attached to an aromatic ring is 1. The summed E-state index contributed by atoms with van der Waals surface area (Å²) in [7, 11) is 1.58. The first-order valence-corrected chi connectivity index (χ1v) is 9.49. The molecule has 0 bridgehead atoms. The van der Waals surface area contributed by atoms with Gasteiger partial charge in [0.05, 0.1) is 12.0 Å². The van der Waals surface area contributed by atoms with Crippen LogP contribution in [-0.4, -0.2) is 38.6 Å². The van der Waals surface area contributed by atoms with Gasteiger partial charge in [0, 0.05) is 23.8 Å². The van der Waals surface area contributed by atoms with Crippen molar-refractivity contribution in [3.05, 3.63) is 58.6 Å². The number of thioether (sulfide) groups is 1. The van der Waals surface area contributed by atoms with Gasteiger partial charge in [-0.05, 0) is 30.3 Å². The molecule has 0 aliphatic rings. The van der Waals surface area contributed by atoms with Crippen molar-refractivity contribution in [3.63, 3.8) is 0 Å². The van der Waals surface area contributed by atoms with Crippen molar-refractivity contribution in [1.29, 1.82) is 0 Å². The first-order chi connectivity index (χ1) is 14.0. The lowest BCUT2D eigenvalue weighted by atomic mass is 10.2. The summed E-state index contributed by atoms with van der Waals surface area (Å²) in [5, 5.41) is 22.2. The molecular formula is C18H18N6O4S. The minimum atomic E-state index is -0.540. The van der Waals surface area contributed by atoms with E-state index in [0.717, 1.165) is 11.3 Å². The first-order valence-electron chi connectivity index (χ1n) is 8.50. The van der Waals surface area contributed by atoms with Crippen molar-refractivity contribution in [2.75, 3.05) is 24.0 Å². The fourth-order valence-corrected chi connectivity index (χ4v) is 3.29. The molecule has 0 spiro atoms. The maximum atomic E-state index is 12.1. The van der Waals surface area contributed by atoms with E-state index in [1.54, 1.807) is 25.3 Å². The lowest BCUT2D eigenvalue weighted by Gasteiger charge is -2.06. The quantitative estimate of drug-likeness (QED) is 0.248. The fourth-order valence-electron chi connectivity index (χ4n) is 2.50. The number of nitrogens with two attached hydrogens (primary N) is 1. The number of nitro groups is 1. The average Bonchev–Trinajstić information content (AvgIpc) is 3.09. The van der Waals surface area contributed by atoms with Crippen LogP contribution in [0.3, 0.4) is 0 Å². The molecule has 0 fully saturated rings. The maximum Gasteiger partial charge on any atom is 0.292 e. The lowest BCUT2D eigenvalue weighted by molar-refractivity contribution is -0.383. The van der Waals surface area contributed by atoms with Crippen molar-refractivity contribution in [1.82, 2.24) is 14.9 Å². The zero-order valence-electron chi connectivity index (χ0n) is 15.4. The van der Waals surface area contributed by atoms with E-state index in [2.05, 4.69) is 15.5 Å². The Hall–Kier alpha value is -3.60. The number of carbonyl (C=O) groups excluding carboxylic acids is 1. The molecule has 29 heavy (non-hydrogen) atoms. The number of nitrogens with zero attached hydrogens (tertiary/aromatic N) is 4. The van der Waals surface area contributed by atoms with Crippen LogP contribution in [-0.2, 0) is 4.79 Å². The summed E-state index contributed by atoms with van der Waals surface area (Å²) in [5.74, 6) is 7.30. The molecule has 3 aromatic rings. The molecule has 1 aromatic heterocycles. The second-order valence-corrected chi connectivity index (χ2v) is 6.89. The topological polar surface area (TPSA) is 138 Å². The van der Waals surface area contributed by atoms with Crippen LogP contribution in [0.2, 0.25) is 0 Å². The van der Waals surface area contributed by atoms with Crippen LogP contribution in [0, 0.1) is 10.1 Å². The molecule has 3 rings (SSSR count). The molecule has 0 aliphatic carbocycles. The molecule has 1 heterocycles. The van der Waals surface area contributed by atoms with Crippen LogP contribution in [0.1, 0.15) is 6.42 Å². The predicted molar refractivity (Wildman–Crippen MR) is 109 cm³/mol. The number of methoxy groups -OCH3 is 1. The molecule has 0 unspecified atom stereocenters. The molecule has 0 atom stereocenters. The SMILES string of the molecule is COc1ccc(-c2nnc(SCCC(=O)Nc3ccccc3[N+](=O)[O-])n2N)cc1. The predicted octanol–water partition coefficient (Wildman–Crippen LogP) is 2.70. The summed E-state index contributed by atoms with van der Waals surface area (Å²) in [5.41, 5.74) is 0.789. The molecule has 3 N–H and O–H groups in total. The van der Waals surface area contributed by atoms with Gasteiger partial charge in [-0.1, -0.05) is 23.9 Å². The highest BCUT2D eigenvalue weighted by atomic mass is 32.2. The van der Waals surface area contributed by atoms with E-state index in [0.29, 0.717) is 16.7 Å². The summed E-state index contributed by atoms with van der Waals surface area (Å²) < 4.78 is 6.48. The van der Waals surface area contributed by atoms with E-state index in [1.165, 1.54) is 34.6 Å². The zero-order chi connectivity index (χ0) is 20.8. The van der Waals surface area contributed by atoms with E-state index in [1.807, 2.05) is 12.1 Å². The van der Waals surface area contributed by atoms with Crippen molar-refractivity contribution < 1.29 is 14.5 Å². The molecule has 0 saturated carbocycles. The maximum absolute atomic E-state index is 12.1. The number of para-hydroxylation sites is 2. The Morgan fingerprint density at radius 1 is 1.24 bits per heavy atom. The van der Waals surface area contributed by atoms with Crippen LogP contribution < -0.4 is 15.9 Å². The van der Waals surface area contributed by atoms with Gasteiger partial charge < -0.3 is 15.9 Å². The van der Waals surface area contributed by atoms with Crippen LogP contribution in [0.5, 0.6) is 5.75 Å². The third-order valence-electron chi connectivity index (χ3n) is 3.95. The monoisotopic (exact) mass is 414 g/mol. The van der Waals surface area contributed by atoms with Crippen LogP contribution >= 0.6 is 11.8 Å². The summed E-state index contributed by atoms with van der Waals surface area (Å²) in [4.78, 5) is 22.6.